The van der Waals surface area contributed by atoms with Gasteiger partial charge in [0, 0.05) is 6.54 Å². The van der Waals surface area contributed by atoms with Gasteiger partial charge < -0.3 is 11.1 Å². The highest BCUT2D eigenvalue weighted by Gasteiger charge is 2.17. The van der Waals surface area contributed by atoms with E-state index in [1.54, 1.807) is 0 Å². The zero-order valence-corrected chi connectivity index (χ0v) is 6.81. The summed E-state index contributed by atoms with van der Waals surface area (Å²) in [7, 11) is 0. The third-order valence-electron chi connectivity index (χ3n) is 1.70. The molecule has 1 saturated heterocycles. The summed E-state index contributed by atoms with van der Waals surface area (Å²) >= 11 is 0. The zero-order chi connectivity index (χ0) is 8.69. The van der Waals surface area contributed by atoms with Gasteiger partial charge in [-0.05, 0) is 19.4 Å². The fourth-order valence-corrected chi connectivity index (χ4v) is 1.09. The molecule has 11 heavy (non-hydrogen) atoms. The average molecular weight is 156 g/mol. The van der Waals surface area contributed by atoms with E-state index in [4.69, 9.17) is 5.73 Å². The lowest BCUT2D eigenvalue weighted by Crippen LogP contribution is -2.37. The normalized spacial score (nSPS) is 23.1. The second-order valence-electron chi connectivity index (χ2n) is 2.45. The third kappa shape index (κ3) is 3.78. The fourth-order valence-electron chi connectivity index (χ4n) is 1.09. The monoisotopic (exact) mass is 156 g/mol. The van der Waals surface area contributed by atoms with Gasteiger partial charge in [0.05, 0.1) is 5.92 Å². The largest absolute Gasteiger partial charge is 0.369 e. The first-order chi connectivity index (χ1) is 5.30. The molecule has 0 bridgehead atoms. The number of nitrogens with two attached hydrogens (primary N) is 1. The lowest BCUT2D eigenvalue weighted by molar-refractivity contribution is -0.122. The molecule has 1 heterocycles. The Bertz CT molecular complexity index is 119. The average Bonchev–Trinajstić information content (AvgIpc) is 2.10. The van der Waals surface area contributed by atoms with Crippen LogP contribution in [0.5, 0.6) is 0 Å². The Morgan fingerprint density at radius 1 is 1.55 bits per heavy atom. The fraction of sp³-hybridized carbons (Fsp3) is 0.625. The van der Waals surface area contributed by atoms with E-state index in [9.17, 15) is 4.79 Å². The first-order valence-corrected chi connectivity index (χ1v) is 3.81. The van der Waals surface area contributed by atoms with Gasteiger partial charge in [0.15, 0.2) is 0 Å². The smallest absolute Gasteiger partial charge is 0.221 e. The van der Waals surface area contributed by atoms with Crippen molar-refractivity contribution in [2.75, 3.05) is 13.1 Å². The van der Waals surface area contributed by atoms with E-state index in [1.165, 1.54) is 0 Å². The molecule has 1 fully saturated rings. The van der Waals surface area contributed by atoms with Gasteiger partial charge in [-0.2, -0.15) is 0 Å². The summed E-state index contributed by atoms with van der Waals surface area (Å²) in [6, 6.07) is 0. The van der Waals surface area contributed by atoms with Crippen LogP contribution in [0.25, 0.3) is 0 Å². The minimum atomic E-state index is -0.165. The Kier molecular flexibility index (Phi) is 5.47. The molecular formula is C8H16N2O. The number of rotatable bonds is 1. The van der Waals surface area contributed by atoms with Gasteiger partial charge in [0.1, 0.15) is 0 Å². The van der Waals surface area contributed by atoms with E-state index in [0.717, 1.165) is 25.9 Å². The molecule has 1 unspecified atom stereocenters. The molecule has 0 saturated carbocycles. The van der Waals surface area contributed by atoms with Crippen LogP contribution < -0.4 is 11.1 Å². The summed E-state index contributed by atoms with van der Waals surface area (Å²) < 4.78 is 0. The minimum absolute atomic E-state index is 0.0822. The minimum Gasteiger partial charge on any atom is -0.369 e. The number of amides is 1. The second-order valence-corrected chi connectivity index (χ2v) is 2.45. The Balaban J connectivity index is 0.000000461. The summed E-state index contributed by atoms with van der Waals surface area (Å²) in [5, 5.41) is 3.12. The molecule has 0 aromatic heterocycles. The van der Waals surface area contributed by atoms with E-state index in [-0.39, 0.29) is 11.8 Å². The first-order valence-electron chi connectivity index (χ1n) is 3.81. The standard InChI is InChI=1S/C6H12N2O.C2H4/c7-6(9)5-2-1-3-8-4-5;1-2/h5,8H,1-4H2,(H2,7,9);1-2H2. The van der Waals surface area contributed by atoms with Crippen LogP contribution >= 0.6 is 0 Å². The molecule has 0 spiro atoms. The van der Waals surface area contributed by atoms with Crippen LogP contribution in [0.1, 0.15) is 12.8 Å². The van der Waals surface area contributed by atoms with Gasteiger partial charge in [0.2, 0.25) is 5.91 Å². The van der Waals surface area contributed by atoms with Gasteiger partial charge in [-0.3, -0.25) is 4.79 Å². The molecule has 1 rings (SSSR count). The SMILES string of the molecule is C=C.NC(=O)C1CCCNC1. The molecule has 1 amide bonds. The van der Waals surface area contributed by atoms with E-state index in [2.05, 4.69) is 18.5 Å². The van der Waals surface area contributed by atoms with Crippen LogP contribution in [0.3, 0.4) is 0 Å². The molecule has 1 atom stereocenters. The van der Waals surface area contributed by atoms with Crippen molar-refractivity contribution >= 4 is 5.91 Å². The first kappa shape index (κ1) is 10.2. The summed E-state index contributed by atoms with van der Waals surface area (Å²) in [6.45, 7) is 7.80. The third-order valence-corrected chi connectivity index (χ3v) is 1.70. The lowest BCUT2D eigenvalue weighted by atomic mass is 9.99. The van der Waals surface area contributed by atoms with E-state index < -0.39 is 0 Å². The number of hydrogen-bond acceptors (Lipinski definition) is 2. The van der Waals surface area contributed by atoms with Gasteiger partial charge >= 0.3 is 0 Å². The molecule has 0 radical (unpaired) electrons. The summed E-state index contributed by atoms with van der Waals surface area (Å²) in [6.07, 6.45) is 2.04. The maximum Gasteiger partial charge on any atom is 0.221 e. The van der Waals surface area contributed by atoms with Gasteiger partial charge in [0.25, 0.3) is 0 Å². The molecule has 3 N–H and O–H groups in total. The molecule has 64 valence electrons. The molecule has 0 aromatic rings. The number of carbonyl (C=O) groups is 1. The maximum absolute atomic E-state index is 10.5. The van der Waals surface area contributed by atoms with Crippen LogP contribution in [0.15, 0.2) is 13.2 Å². The highest BCUT2D eigenvalue weighted by Crippen LogP contribution is 2.07. The highest BCUT2D eigenvalue weighted by atomic mass is 16.1. The Labute approximate surface area is 67.7 Å². The molecule has 1 aliphatic rings. The Morgan fingerprint density at radius 3 is 2.45 bits per heavy atom. The Morgan fingerprint density at radius 2 is 2.18 bits per heavy atom. The number of carbonyl (C=O) groups excluding carboxylic acids is 1. The van der Waals surface area contributed by atoms with Crippen molar-refractivity contribution < 1.29 is 4.79 Å². The van der Waals surface area contributed by atoms with Crippen LogP contribution in [0.4, 0.5) is 0 Å². The molecule has 1 aliphatic heterocycles. The molecule has 0 aliphatic carbocycles. The van der Waals surface area contributed by atoms with Crippen molar-refractivity contribution in [2.45, 2.75) is 12.8 Å². The van der Waals surface area contributed by atoms with Crippen molar-refractivity contribution in [1.29, 1.82) is 0 Å². The predicted octanol–water partition coefficient (Wildman–Crippen LogP) is 0.273. The van der Waals surface area contributed by atoms with E-state index in [1.807, 2.05) is 0 Å². The number of nitrogens with one attached hydrogen (secondary N) is 1. The highest BCUT2D eigenvalue weighted by molar-refractivity contribution is 5.76. The molecule has 3 nitrogen and oxygen atoms in total. The van der Waals surface area contributed by atoms with Gasteiger partial charge in [-0.15, -0.1) is 13.2 Å². The number of piperidine rings is 1. The van der Waals surface area contributed by atoms with E-state index >= 15 is 0 Å². The summed E-state index contributed by atoms with van der Waals surface area (Å²) in [5.41, 5.74) is 5.09. The summed E-state index contributed by atoms with van der Waals surface area (Å²) in [5.74, 6) is -0.0825. The van der Waals surface area contributed by atoms with Crippen LogP contribution in [0, 0.1) is 5.92 Å². The molecule has 3 heteroatoms. The molecule has 0 aromatic carbocycles. The topological polar surface area (TPSA) is 55.1 Å². The zero-order valence-electron chi connectivity index (χ0n) is 6.81. The van der Waals surface area contributed by atoms with Crippen LogP contribution in [-0.2, 0) is 4.79 Å². The number of primary amides is 1. The number of hydrogen-bond donors (Lipinski definition) is 2. The second kappa shape index (κ2) is 5.92. The van der Waals surface area contributed by atoms with Gasteiger partial charge in [-0.25, -0.2) is 0 Å². The van der Waals surface area contributed by atoms with Crippen LogP contribution in [0.2, 0.25) is 0 Å². The maximum atomic E-state index is 10.5. The molecular weight excluding hydrogens is 140 g/mol. The lowest BCUT2D eigenvalue weighted by Gasteiger charge is -2.18. The van der Waals surface area contributed by atoms with Crippen LogP contribution in [-0.4, -0.2) is 19.0 Å². The van der Waals surface area contributed by atoms with Gasteiger partial charge in [-0.1, -0.05) is 0 Å². The van der Waals surface area contributed by atoms with Crippen molar-refractivity contribution in [3.8, 4) is 0 Å². The quantitative estimate of drug-likeness (QED) is 0.535. The predicted molar refractivity (Wildman–Crippen MR) is 46.0 cm³/mol. The van der Waals surface area contributed by atoms with Crippen molar-refractivity contribution in [1.82, 2.24) is 5.32 Å². The van der Waals surface area contributed by atoms with Crippen molar-refractivity contribution in [3.63, 3.8) is 0 Å². The summed E-state index contributed by atoms with van der Waals surface area (Å²) in [4.78, 5) is 10.5. The van der Waals surface area contributed by atoms with E-state index in [0.29, 0.717) is 0 Å². The van der Waals surface area contributed by atoms with Crippen molar-refractivity contribution in [3.05, 3.63) is 13.2 Å². The Hall–Kier alpha value is -0.830. The van der Waals surface area contributed by atoms with Crippen molar-refractivity contribution in [2.24, 2.45) is 11.7 Å².